The van der Waals surface area contributed by atoms with E-state index in [0.717, 1.165) is 4.90 Å². The fraction of sp³-hybridized carbons (Fsp3) is 0.333. The number of nitrogens with zero attached hydrogens (tertiary/aromatic N) is 1. The summed E-state index contributed by atoms with van der Waals surface area (Å²) in [4.78, 5) is 23.5. The van der Waals surface area contributed by atoms with Crippen molar-refractivity contribution in [1.82, 2.24) is 4.90 Å². The van der Waals surface area contributed by atoms with Crippen LogP contribution in [0.5, 0.6) is 5.75 Å². The molecule has 1 N–H and O–H groups in total. The molecule has 0 saturated carbocycles. The van der Waals surface area contributed by atoms with E-state index in [-0.39, 0.29) is 12.4 Å². The van der Waals surface area contributed by atoms with Crippen molar-refractivity contribution in [2.75, 3.05) is 13.7 Å². The number of amides is 1. The minimum atomic E-state index is -1.09. The number of aliphatic carboxylic acids is 1. The molecule has 1 aromatic rings. The lowest BCUT2D eigenvalue weighted by Gasteiger charge is -2.21. The molecule has 0 radical (unpaired) electrons. The average Bonchev–Trinajstić information content (AvgIpc) is 2.37. The van der Waals surface area contributed by atoms with Crippen molar-refractivity contribution in [3.8, 4) is 5.75 Å². The second-order valence-electron chi connectivity index (χ2n) is 3.88. The topological polar surface area (TPSA) is 66.8 Å². The molecule has 5 nitrogen and oxygen atoms in total. The number of carboxylic acids is 1. The van der Waals surface area contributed by atoms with Crippen LogP contribution in [-0.4, -0.2) is 41.6 Å². The van der Waals surface area contributed by atoms with E-state index in [1.54, 1.807) is 12.1 Å². The van der Waals surface area contributed by atoms with Crippen LogP contribution in [0, 0.1) is 0 Å². The van der Waals surface area contributed by atoms with Gasteiger partial charge in [0.1, 0.15) is 11.8 Å². The van der Waals surface area contributed by atoms with Crippen LogP contribution in [0.1, 0.15) is 6.92 Å². The van der Waals surface area contributed by atoms with Gasteiger partial charge in [0.05, 0.1) is 5.02 Å². The molecule has 1 atom stereocenters. The SMILES string of the molecule is CC(C(=O)O)N(C)C(=O)COc1cc(Cl)ccc1Cl. The van der Waals surface area contributed by atoms with Gasteiger partial charge in [0.2, 0.25) is 0 Å². The standard InChI is InChI=1S/C12H13Cl2NO4/c1-7(12(17)18)15(2)11(16)6-19-10-5-8(13)3-4-9(10)14/h3-5,7H,6H2,1-2H3,(H,17,18). The third kappa shape index (κ3) is 4.29. The van der Waals surface area contributed by atoms with E-state index in [1.807, 2.05) is 0 Å². The Hall–Kier alpha value is -1.46. The highest BCUT2D eigenvalue weighted by Gasteiger charge is 2.22. The Kier molecular flexibility index (Phi) is 5.44. The third-order valence-electron chi connectivity index (χ3n) is 2.58. The monoisotopic (exact) mass is 305 g/mol. The highest BCUT2D eigenvalue weighted by molar-refractivity contribution is 6.34. The van der Waals surface area contributed by atoms with Gasteiger partial charge in [-0.2, -0.15) is 0 Å². The van der Waals surface area contributed by atoms with E-state index in [0.29, 0.717) is 10.0 Å². The lowest BCUT2D eigenvalue weighted by Crippen LogP contribution is -2.42. The molecule has 0 fully saturated rings. The van der Waals surface area contributed by atoms with Gasteiger partial charge in [0.15, 0.2) is 6.61 Å². The first kappa shape index (κ1) is 15.6. The van der Waals surface area contributed by atoms with Gasteiger partial charge in [0, 0.05) is 18.1 Å². The Balaban J connectivity index is 2.64. The Morgan fingerprint density at radius 1 is 1.42 bits per heavy atom. The molecule has 0 aliphatic rings. The first-order valence-corrected chi connectivity index (χ1v) is 6.15. The zero-order valence-electron chi connectivity index (χ0n) is 10.4. The second kappa shape index (κ2) is 6.63. The molecule has 1 rings (SSSR count). The number of likely N-dealkylation sites (N-methyl/N-ethyl adjacent to an activating group) is 1. The molecule has 0 saturated heterocycles. The van der Waals surface area contributed by atoms with Crippen LogP contribution < -0.4 is 4.74 Å². The molecule has 1 amide bonds. The Labute approximate surface area is 120 Å². The number of benzene rings is 1. The Bertz CT molecular complexity index is 493. The number of ether oxygens (including phenoxy) is 1. The summed E-state index contributed by atoms with van der Waals surface area (Å²) in [5.41, 5.74) is 0. The molecule has 1 aromatic carbocycles. The predicted octanol–water partition coefficient (Wildman–Crippen LogP) is 2.30. The van der Waals surface area contributed by atoms with Crippen molar-refractivity contribution in [2.45, 2.75) is 13.0 Å². The van der Waals surface area contributed by atoms with E-state index >= 15 is 0 Å². The first-order valence-electron chi connectivity index (χ1n) is 5.39. The van der Waals surface area contributed by atoms with Gasteiger partial charge in [-0.25, -0.2) is 4.79 Å². The Morgan fingerprint density at radius 3 is 2.63 bits per heavy atom. The van der Waals surface area contributed by atoms with Crippen molar-refractivity contribution in [1.29, 1.82) is 0 Å². The maximum absolute atomic E-state index is 11.7. The molecule has 0 spiro atoms. The summed E-state index contributed by atoms with van der Waals surface area (Å²) < 4.78 is 5.23. The summed E-state index contributed by atoms with van der Waals surface area (Å²) in [5, 5.41) is 9.55. The van der Waals surface area contributed by atoms with Crippen LogP contribution in [-0.2, 0) is 9.59 Å². The van der Waals surface area contributed by atoms with E-state index < -0.39 is 17.9 Å². The van der Waals surface area contributed by atoms with E-state index in [4.69, 9.17) is 33.0 Å². The molecule has 19 heavy (non-hydrogen) atoms. The van der Waals surface area contributed by atoms with Crippen LogP contribution in [0.15, 0.2) is 18.2 Å². The fourth-order valence-corrected chi connectivity index (χ4v) is 1.54. The zero-order chi connectivity index (χ0) is 14.6. The van der Waals surface area contributed by atoms with Gasteiger partial charge in [-0.15, -0.1) is 0 Å². The number of carboxylic acid groups (broad SMARTS) is 1. The molecule has 1 unspecified atom stereocenters. The largest absolute Gasteiger partial charge is 0.482 e. The van der Waals surface area contributed by atoms with Gasteiger partial charge in [-0.1, -0.05) is 23.2 Å². The maximum atomic E-state index is 11.7. The summed E-state index contributed by atoms with van der Waals surface area (Å²) in [7, 11) is 1.39. The summed E-state index contributed by atoms with van der Waals surface area (Å²) in [5.74, 6) is -1.28. The highest BCUT2D eigenvalue weighted by Crippen LogP contribution is 2.27. The molecule has 0 bridgehead atoms. The molecule has 0 aliphatic heterocycles. The highest BCUT2D eigenvalue weighted by atomic mass is 35.5. The van der Waals surface area contributed by atoms with Crippen LogP contribution in [0.3, 0.4) is 0 Å². The summed E-state index contributed by atoms with van der Waals surface area (Å²) in [6.07, 6.45) is 0. The van der Waals surface area contributed by atoms with Crippen LogP contribution >= 0.6 is 23.2 Å². The average molecular weight is 306 g/mol. The molecule has 0 aliphatic carbocycles. The fourth-order valence-electron chi connectivity index (χ4n) is 1.21. The Morgan fingerprint density at radius 2 is 2.05 bits per heavy atom. The maximum Gasteiger partial charge on any atom is 0.326 e. The van der Waals surface area contributed by atoms with Crippen LogP contribution in [0.25, 0.3) is 0 Å². The molecule has 104 valence electrons. The summed E-state index contributed by atoms with van der Waals surface area (Å²) in [6.45, 7) is 1.10. The van der Waals surface area contributed by atoms with Crippen molar-refractivity contribution >= 4 is 35.1 Å². The molecule has 0 heterocycles. The van der Waals surface area contributed by atoms with E-state index in [1.165, 1.54) is 20.0 Å². The number of rotatable bonds is 5. The minimum absolute atomic E-state index is 0.277. The molecular formula is C12H13Cl2NO4. The van der Waals surface area contributed by atoms with Crippen LogP contribution in [0.2, 0.25) is 10.0 Å². The second-order valence-corrected chi connectivity index (χ2v) is 4.73. The van der Waals surface area contributed by atoms with Gasteiger partial charge >= 0.3 is 5.97 Å². The number of carbonyl (C=O) groups is 2. The number of hydrogen-bond donors (Lipinski definition) is 1. The van der Waals surface area contributed by atoms with Crippen molar-refractivity contribution in [2.24, 2.45) is 0 Å². The zero-order valence-corrected chi connectivity index (χ0v) is 11.9. The molecular weight excluding hydrogens is 293 g/mol. The molecule has 7 heteroatoms. The van der Waals surface area contributed by atoms with Gasteiger partial charge in [0.25, 0.3) is 5.91 Å². The van der Waals surface area contributed by atoms with Gasteiger partial charge in [-0.05, 0) is 19.1 Å². The molecule has 0 aromatic heterocycles. The number of carbonyl (C=O) groups excluding carboxylic acids is 1. The van der Waals surface area contributed by atoms with Gasteiger partial charge in [-0.3, -0.25) is 4.79 Å². The minimum Gasteiger partial charge on any atom is -0.482 e. The normalized spacial score (nSPS) is 11.8. The predicted molar refractivity (Wildman–Crippen MR) is 71.8 cm³/mol. The lowest BCUT2D eigenvalue weighted by atomic mass is 10.3. The van der Waals surface area contributed by atoms with E-state index in [2.05, 4.69) is 0 Å². The van der Waals surface area contributed by atoms with Crippen LogP contribution in [0.4, 0.5) is 0 Å². The third-order valence-corrected chi connectivity index (χ3v) is 3.12. The summed E-state index contributed by atoms with van der Waals surface area (Å²) >= 11 is 11.6. The van der Waals surface area contributed by atoms with E-state index in [9.17, 15) is 9.59 Å². The first-order chi connectivity index (χ1) is 8.82. The van der Waals surface area contributed by atoms with Crippen molar-refractivity contribution < 1.29 is 19.4 Å². The van der Waals surface area contributed by atoms with Gasteiger partial charge < -0.3 is 14.7 Å². The summed E-state index contributed by atoms with van der Waals surface area (Å²) in [6, 6.07) is 3.70. The number of hydrogen-bond acceptors (Lipinski definition) is 3. The van der Waals surface area contributed by atoms with Crippen molar-refractivity contribution in [3.05, 3.63) is 28.2 Å². The number of halogens is 2. The lowest BCUT2D eigenvalue weighted by molar-refractivity contribution is -0.148. The smallest absolute Gasteiger partial charge is 0.326 e. The van der Waals surface area contributed by atoms with Crippen molar-refractivity contribution in [3.63, 3.8) is 0 Å². The quantitative estimate of drug-likeness (QED) is 0.906.